The Kier molecular flexibility index (Phi) is 8.25. The number of thiocarbonyl (C=S) groups is 1. The van der Waals surface area contributed by atoms with Gasteiger partial charge in [-0.05, 0) is 54.9 Å². The quantitative estimate of drug-likeness (QED) is 0.335. The van der Waals surface area contributed by atoms with Gasteiger partial charge in [-0.2, -0.15) is 0 Å². The summed E-state index contributed by atoms with van der Waals surface area (Å²) < 4.78 is 5.22. The number of ether oxygens (including phenoxy) is 1. The van der Waals surface area contributed by atoms with Crippen molar-refractivity contribution in [3.63, 3.8) is 0 Å². The van der Waals surface area contributed by atoms with Gasteiger partial charge in [0.05, 0.1) is 12.2 Å². The molecule has 0 atom stereocenters. The normalized spacial score (nSPS) is 10.5. The molecule has 2 N–H and O–H groups in total. The Hall–Kier alpha value is -2.41. The van der Waals surface area contributed by atoms with Crippen LogP contribution >= 0.6 is 35.2 Å². The largest absolute Gasteiger partial charge is 0.462 e. The van der Waals surface area contributed by atoms with Crippen molar-refractivity contribution in [2.24, 2.45) is 0 Å². The van der Waals surface area contributed by atoms with Gasteiger partial charge in [0, 0.05) is 22.9 Å². The zero-order valence-corrected chi connectivity index (χ0v) is 19.0. The topological polar surface area (TPSA) is 50.4 Å². The van der Waals surface area contributed by atoms with Crippen LogP contribution < -0.4 is 10.6 Å². The molecule has 1 heterocycles. The minimum absolute atomic E-state index is 0.325. The van der Waals surface area contributed by atoms with Crippen LogP contribution in [0.25, 0.3) is 0 Å². The molecular weight excluding hydrogens is 436 g/mol. The lowest BCUT2D eigenvalue weighted by molar-refractivity contribution is 0.0528. The molecule has 0 unspecified atom stereocenters. The van der Waals surface area contributed by atoms with Crippen LogP contribution in [-0.4, -0.2) is 24.2 Å². The van der Waals surface area contributed by atoms with Crippen LogP contribution in [0.4, 0.5) is 5.00 Å². The number of halogens is 1. The van der Waals surface area contributed by atoms with Gasteiger partial charge in [0.2, 0.25) is 0 Å². The van der Waals surface area contributed by atoms with Gasteiger partial charge in [0.1, 0.15) is 5.00 Å². The average molecular weight is 459 g/mol. The first-order valence-corrected chi connectivity index (χ1v) is 11.3. The van der Waals surface area contributed by atoms with E-state index in [1.807, 2.05) is 48.5 Å². The van der Waals surface area contributed by atoms with E-state index in [0.29, 0.717) is 28.8 Å². The number of carbonyl (C=O) groups excluding carboxylic acids is 1. The van der Waals surface area contributed by atoms with Gasteiger partial charge >= 0.3 is 5.97 Å². The van der Waals surface area contributed by atoms with E-state index in [1.54, 1.807) is 6.92 Å². The van der Waals surface area contributed by atoms with E-state index in [2.05, 4.69) is 22.8 Å². The SMILES string of the molecule is CCOC(=O)c1cc(Cc2ccccc2)sc1NC(=S)NCCc1ccc(Cl)cc1. The third-order valence-corrected chi connectivity index (χ3v) is 5.89. The molecule has 0 fully saturated rings. The average Bonchev–Trinajstić information content (AvgIpc) is 3.12. The minimum Gasteiger partial charge on any atom is -0.462 e. The van der Waals surface area contributed by atoms with E-state index in [9.17, 15) is 4.79 Å². The molecule has 0 saturated carbocycles. The van der Waals surface area contributed by atoms with Crippen molar-refractivity contribution in [3.05, 3.63) is 87.3 Å². The molecule has 0 aliphatic heterocycles. The second-order valence-corrected chi connectivity index (χ2v) is 8.58. The number of benzene rings is 2. The molecule has 4 nitrogen and oxygen atoms in total. The summed E-state index contributed by atoms with van der Waals surface area (Å²) in [5, 5.41) is 8.26. The molecule has 156 valence electrons. The Morgan fingerprint density at radius 1 is 1.10 bits per heavy atom. The Bertz CT molecular complexity index is 988. The zero-order chi connectivity index (χ0) is 21.3. The van der Waals surface area contributed by atoms with Crippen molar-refractivity contribution < 1.29 is 9.53 Å². The van der Waals surface area contributed by atoms with Crippen molar-refractivity contribution >= 4 is 51.2 Å². The van der Waals surface area contributed by atoms with Crippen LogP contribution in [0, 0.1) is 0 Å². The maximum absolute atomic E-state index is 12.4. The van der Waals surface area contributed by atoms with Gasteiger partial charge < -0.3 is 15.4 Å². The van der Waals surface area contributed by atoms with E-state index in [-0.39, 0.29) is 5.97 Å². The zero-order valence-electron chi connectivity index (χ0n) is 16.6. The molecule has 0 aliphatic carbocycles. The lowest BCUT2D eigenvalue weighted by Gasteiger charge is -2.10. The monoisotopic (exact) mass is 458 g/mol. The maximum Gasteiger partial charge on any atom is 0.341 e. The number of hydrogen-bond acceptors (Lipinski definition) is 4. The van der Waals surface area contributed by atoms with Gasteiger partial charge in [-0.3, -0.25) is 0 Å². The van der Waals surface area contributed by atoms with Crippen molar-refractivity contribution in [3.8, 4) is 0 Å². The summed E-state index contributed by atoms with van der Waals surface area (Å²) in [6.45, 7) is 2.79. The lowest BCUT2D eigenvalue weighted by atomic mass is 10.1. The Morgan fingerprint density at radius 3 is 2.53 bits per heavy atom. The van der Waals surface area contributed by atoms with E-state index < -0.39 is 0 Å². The summed E-state index contributed by atoms with van der Waals surface area (Å²) in [4.78, 5) is 13.5. The maximum atomic E-state index is 12.4. The highest BCUT2D eigenvalue weighted by Crippen LogP contribution is 2.30. The smallest absolute Gasteiger partial charge is 0.341 e. The third kappa shape index (κ3) is 6.55. The fourth-order valence-electron chi connectivity index (χ4n) is 2.90. The molecule has 0 saturated heterocycles. The fraction of sp³-hybridized carbons (Fsp3) is 0.217. The first kappa shape index (κ1) is 22.3. The van der Waals surface area contributed by atoms with Gasteiger partial charge in [-0.1, -0.05) is 54.1 Å². The van der Waals surface area contributed by atoms with Crippen LogP contribution in [0.5, 0.6) is 0 Å². The van der Waals surface area contributed by atoms with Crippen LogP contribution in [0.15, 0.2) is 60.7 Å². The number of hydrogen-bond donors (Lipinski definition) is 2. The Labute approximate surface area is 191 Å². The Morgan fingerprint density at radius 2 is 1.83 bits per heavy atom. The van der Waals surface area contributed by atoms with E-state index >= 15 is 0 Å². The third-order valence-electron chi connectivity index (χ3n) is 4.34. The second-order valence-electron chi connectivity index (χ2n) is 6.60. The summed E-state index contributed by atoms with van der Waals surface area (Å²) >= 11 is 12.9. The van der Waals surface area contributed by atoms with Crippen LogP contribution in [-0.2, 0) is 17.6 Å². The molecule has 0 radical (unpaired) electrons. The molecule has 2 aromatic carbocycles. The first-order chi connectivity index (χ1) is 14.5. The number of rotatable bonds is 8. The predicted octanol–water partition coefficient (Wildman–Crippen LogP) is 5.70. The second kappa shape index (κ2) is 11.1. The molecule has 0 bridgehead atoms. The number of thiophene rings is 1. The highest BCUT2D eigenvalue weighted by molar-refractivity contribution is 7.80. The minimum atomic E-state index is -0.348. The van der Waals surface area contributed by atoms with Crippen LogP contribution in [0.3, 0.4) is 0 Å². The van der Waals surface area contributed by atoms with E-state index in [0.717, 1.165) is 22.7 Å². The fourth-order valence-corrected chi connectivity index (χ4v) is 4.38. The van der Waals surface area contributed by atoms with Gasteiger partial charge in [0.15, 0.2) is 5.11 Å². The summed E-state index contributed by atoms with van der Waals surface area (Å²) in [5.74, 6) is -0.348. The van der Waals surface area contributed by atoms with Crippen molar-refractivity contribution in [1.82, 2.24) is 5.32 Å². The standard InChI is InChI=1S/C23H23ClN2O2S2/c1-2-28-22(27)20-15-19(14-17-6-4-3-5-7-17)30-21(20)26-23(29)25-13-12-16-8-10-18(24)11-9-16/h3-11,15H,2,12-14H2,1H3,(H2,25,26,29). The molecule has 30 heavy (non-hydrogen) atoms. The predicted molar refractivity (Wildman–Crippen MR) is 129 cm³/mol. The van der Waals surface area contributed by atoms with E-state index in [1.165, 1.54) is 22.5 Å². The van der Waals surface area contributed by atoms with Crippen molar-refractivity contribution in [2.45, 2.75) is 19.8 Å². The van der Waals surface area contributed by atoms with E-state index in [4.69, 9.17) is 28.6 Å². The molecule has 3 aromatic rings. The molecular formula is C23H23ClN2O2S2. The molecule has 0 amide bonds. The highest BCUT2D eigenvalue weighted by atomic mass is 35.5. The molecule has 0 spiro atoms. The number of anilines is 1. The summed E-state index contributed by atoms with van der Waals surface area (Å²) in [5.41, 5.74) is 2.86. The highest BCUT2D eigenvalue weighted by Gasteiger charge is 2.18. The van der Waals surface area contributed by atoms with Crippen molar-refractivity contribution in [2.75, 3.05) is 18.5 Å². The molecule has 1 aromatic heterocycles. The van der Waals surface area contributed by atoms with Gasteiger partial charge in [-0.15, -0.1) is 11.3 Å². The van der Waals surface area contributed by atoms with Crippen LogP contribution in [0.2, 0.25) is 5.02 Å². The lowest BCUT2D eigenvalue weighted by Crippen LogP contribution is -2.30. The summed E-state index contributed by atoms with van der Waals surface area (Å²) in [7, 11) is 0. The molecule has 3 rings (SSSR count). The number of esters is 1. The summed E-state index contributed by atoms with van der Waals surface area (Å²) in [6.07, 6.45) is 1.56. The summed E-state index contributed by atoms with van der Waals surface area (Å²) in [6, 6.07) is 19.8. The number of carbonyl (C=O) groups is 1. The van der Waals surface area contributed by atoms with Gasteiger partial charge in [-0.25, -0.2) is 4.79 Å². The molecule has 7 heteroatoms. The number of nitrogens with one attached hydrogen (secondary N) is 2. The van der Waals surface area contributed by atoms with Crippen LogP contribution in [0.1, 0.15) is 33.3 Å². The Balaban J connectivity index is 1.64. The van der Waals surface area contributed by atoms with Gasteiger partial charge in [0.25, 0.3) is 0 Å². The molecule has 0 aliphatic rings. The first-order valence-electron chi connectivity index (χ1n) is 9.68. The van der Waals surface area contributed by atoms with Crippen molar-refractivity contribution in [1.29, 1.82) is 0 Å².